The third kappa shape index (κ3) is 4.87. The van der Waals surface area contributed by atoms with Crippen LogP contribution in [0.25, 0.3) is 5.82 Å². The van der Waals surface area contributed by atoms with Gasteiger partial charge in [-0.2, -0.15) is 0 Å². The molecule has 6 heteroatoms. The molecule has 0 saturated heterocycles. The van der Waals surface area contributed by atoms with E-state index in [0.717, 1.165) is 18.4 Å². The van der Waals surface area contributed by atoms with Crippen molar-refractivity contribution in [2.75, 3.05) is 5.32 Å². The second-order valence-corrected chi connectivity index (χ2v) is 7.12. The van der Waals surface area contributed by atoms with Crippen LogP contribution in [-0.4, -0.2) is 26.5 Å². The molecule has 0 aliphatic rings. The fourth-order valence-electron chi connectivity index (χ4n) is 3.35. The smallest absolute Gasteiger partial charge is 0.337 e. The number of carboxylic acids is 1. The second kappa shape index (κ2) is 9.09. The van der Waals surface area contributed by atoms with E-state index in [-0.39, 0.29) is 11.3 Å². The highest BCUT2D eigenvalue weighted by atomic mass is 16.4. The number of amides is 1. The molecule has 0 spiro atoms. The number of hydrogen-bond acceptors (Lipinski definition) is 3. The molecule has 2 N–H and O–H groups in total. The summed E-state index contributed by atoms with van der Waals surface area (Å²) in [4.78, 5) is 28.8. The van der Waals surface area contributed by atoms with Crippen LogP contribution in [0.3, 0.4) is 0 Å². The van der Waals surface area contributed by atoms with Gasteiger partial charge in [0.25, 0.3) is 5.91 Å². The van der Waals surface area contributed by atoms with E-state index in [1.165, 1.54) is 11.6 Å². The number of aryl methyl sites for hydroxylation is 2. The summed E-state index contributed by atoms with van der Waals surface area (Å²) in [6.45, 7) is 0. The molecule has 0 aliphatic heterocycles. The maximum atomic E-state index is 12.9. The fraction of sp³-hybridized carbons (Fsp3) is 0.0800. The molecule has 4 aromatic rings. The van der Waals surface area contributed by atoms with E-state index in [1.54, 1.807) is 35.0 Å². The van der Waals surface area contributed by atoms with Crippen molar-refractivity contribution in [3.8, 4) is 5.82 Å². The van der Waals surface area contributed by atoms with Crippen LogP contribution in [-0.2, 0) is 12.8 Å². The Morgan fingerprint density at radius 2 is 1.61 bits per heavy atom. The number of carbonyl (C=O) groups is 2. The number of aromatic carboxylic acids is 1. The van der Waals surface area contributed by atoms with Crippen molar-refractivity contribution in [1.29, 1.82) is 0 Å². The minimum absolute atomic E-state index is 0.0523. The molecule has 6 nitrogen and oxygen atoms in total. The van der Waals surface area contributed by atoms with Crippen molar-refractivity contribution in [2.24, 2.45) is 0 Å². The number of anilines is 1. The van der Waals surface area contributed by atoms with Gasteiger partial charge in [0.05, 0.1) is 11.3 Å². The van der Waals surface area contributed by atoms with Gasteiger partial charge >= 0.3 is 5.97 Å². The number of nitrogens with zero attached hydrogens (tertiary/aromatic N) is 2. The Morgan fingerprint density at radius 3 is 2.35 bits per heavy atom. The summed E-state index contributed by atoms with van der Waals surface area (Å²) in [5.74, 6) is -0.876. The second-order valence-electron chi connectivity index (χ2n) is 7.12. The normalized spacial score (nSPS) is 10.6. The molecule has 154 valence electrons. The molecule has 0 radical (unpaired) electrons. The minimum atomic E-state index is -1.09. The summed E-state index contributed by atoms with van der Waals surface area (Å²) >= 11 is 0. The average molecular weight is 411 g/mol. The summed E-state index contributed by atoms with van der Waals surface area (Å²) in [6, 6.07) is 22.1. The summed E-state index contributed by atoms with van der Waals surface area (Å²) in [5.41, 5.74) is 2.88. The predicted octanol–water partition coefficient (Wildman–Crippen LogP) is 4.61. The van der Waals surface area contributed by atoms with E-state index >= 15 is 0 Å². The van der Waals surface area contributed by atoms with Crippen molar-refractivity contribution < 1.29 is 14.7 Å². The Hall–Kier alpha value is -4.19. The summed E-state index contributed by atoms with van der Waals surface area (Å²) < 4.78 is 1.80. The first kappa shape index (κ1) is 20.1. The Morgan fingerprint density at radius 1 is 0.871 bits per heavy atom. The zero-order valence-corrected chi connectivity index (χ0v) is 16.7. The number of benzene rings is 2. The zero-order chi connectivity index (χ0) is 21.6. The number of carboxylic acid groups (broad SMARTS) is 1. The van der Waals surface area contributed by atoms with Gasteiger partial charge in [0, 0.05) is 24.2 Å². The van der Waals surface area contributed by atoms with E-state index in [2.05, 4.69) is 22.4 Å². The number of hydrogen-bond donors (Lipinski definition) is 2. The van der Waals surface area contributed by atoms with Crippen molar-refractivity contribution in [2.45, 2.75) is 12.8 Å². The highest BCUT2D eigenvalue weighted by Gasteiger charge is 2.15. The monoisotopic (exact) mass is 411 g/mol. The van der Waals surface area contributed by atoms with Gasteiger partial charge in [-0.15, -0.1) is 0 Å². The van der Waals surface area contributed by atoms with Crippen molar-refractivity contribution in [3.05, 3.63) is 114 Å². The Bertz CT molecular complexity index is 1200. The lowest BCUT2D eigenvalue weighted by Crippen LogP contribution is -2.16. The van der Waals surface area contributed by atoms with Crippen LogP contribution in [0.15, 0.2) is 91.4 Å². The third-order valence-electron chi connectivity index (χ3n) is 4.98. The zero-order valence-electron chi connectivity index (χ0n) is 16.7. The van der Waals surface area contributed by atoms with Gasteiger partial charge in [-0.05, 0) is 60.4 Å². The van der Waals surface area contributed by atoms with E-state index in [4.69, 9.17) is 0 Å². The van der Waals surface area contributed by atoms with E-state index in [1.807, 2.05) is 42.7 Å². The topological polar surface area (TPSA) is 84.2 Å². The number of aromatic nitrogens is 2. The molecule has 0 bridgehead atoms. The lowest BCUT2D eigenvalue weighted by Gasteiger charge is -2.12. The molecule has 2 heterocycles. The molecule has 2 aromatic carbocycles. The van der Waals surface area contributed by atoms with Gasteiger partial charge < -0.3 is 15.0 Å². The van der Waals surface area contributed by atoms with Crippen LogP contribution >= 0.6 is 0 Å². The summed E-state index contributed by atoms with van der Waals surface area (Å²) in [7, 11) is 0. The van der Waals surface area contributed by atoms with Gasteiger partial charge in [-0.25, -0.2) is 9.78 Å². The highest BCUT2D eigenvalue weighted by Crippen LogP contribution is 2.21. The molecular weight excluding hydrogens is 390 g/mol. The van der Waals surface area contributed by atoms with Crippen LogP contribution in [0.4, 0.5) is 5.69 Å². The standard InChI is InChI=1S/C25H21N3O3/c29-24(20-12-13-26-23(17-20)28-14-4-5-15-28)27-22-16-19(10-11-21(22)25(30)31)9-8-18-6-2-1-3-7-18/h1-7,10-17H,8-9H2,(H,27,29)(H,30,31). The van der Waals surface area contributed by atoms with Gasteiger partial charge in [0.1, 0.15) is 5.82 Å². The molecule has 1 amide bonds. The average Bonchev–Trinajstić information content (AvgIpc) is 3.33. The van der Waals surface area contributed by atoms with Crippen molar-refractivity contribution >= 4 is 17.6 Å². The molecule has 0 aliphatic carbocycles. The number of rotatable bonds is 7. The lowest BCUT2D eigenvalue weighted by molar-refractivity contribution is 0.0698. The van der Waals surface area contributed by atoms with Crippen LogP contribution in [0, 0.1) is 0 Å². The Kier molecular flexibility index (Phi) is 5.89. The van der Waals surface area contributed by atoms with E-state index in [0.29, 0.717) is 11.4 Å². The molecule has 31 heavy (non-hydrogen) atoms. The highest BCUT2D eigenvalue weighted by molar-refractivity contribution is 6.08. The first-order chi connectivity index (χ1) is 15.1. The first-order valence-corrected chi connectivity index (χ1v) is 9.91. The Balaban J connectivity index is 1.55. The molecule has 0 atom stereocenters. The van der Waals surface area contributed by atoms with Crippen LogP contribution < -0.4 is 5.32 Å². The maximum absolute atomic E-state index is 12.9. The quantitative estimate of drug-likeness (QED) is 0.465. The van der Waals surface area contributed by atoms with Crippen LogP contribution in [0.5, 0.6) is 0 Å². The van der Waals surface area contributed by atoms with E-state index in [9.17, 15) is 14.7 Å². The minimum Gasteiger partial charge on any atom is -0.478 e. The van der Waals surface area contributed by atoms with Crippen LogP contribution in [0.2, 0.25) is 0 Å². The van der Waals surface area contributed by atoms with Gasteiger partial charge in [-0.1, -0.05) is 36.4 Å². The molecule has 2 aromatic heterocycles. The van der Waals surface area contributed by atoms with Crippen LogP contribution in [0.1, 0.15) is 31.8 Å². The van der Waals surface area contributed by atoms with Crippen molar-refractivity contribution in [1.82, 2.24) is 9.55 Å². The largest absolute Gasteiger partial charge is 0.478 e. The SMILES string of the molecule is O=C(Nc1cc(CCc2ccccc2)ccc1C(=O)O)c1ccnc(-n2cccc2)c1. The molecule has 4 rings (SSSR count). The fourth-order valence-corrected chi connectivity index (χ4v) is 3.35. The van der Waals surface area contributed by atoms with Gasteiger partial charge in [-0.3, -0.25) is 4.79 Å². The molecule has 0 unspecified atom stereocenters. The summed E-state index contributed by atoms with van der Waals surface area (Å²) in [6.07, 6.45) is 6.79. The van der Waals surface area contributed by atoms with E-state index < -0.39 is 11.9 Å². The molecular formula is C25H21N3O3. The lowest BCUT2D eigenvalue weighted by atomic mass is 10.0. The van der Waals surface area contributed by atoms with Gasteiger partial charge in [0.2, 0.25) is 0 Å². The Labute approximate surface area is 179 Å². The number of carbonyl (C=O) groups excluding carboxylic acids is 1. The maximum Gasteiger partial charge on any atom is 0.337 e. The first-order valence-electron chi connectivity index (χ1n) is 9.91. The summed E-state index contributed by atoms with van der Waals surface area (Å²) in [5, 5.41) is 12.3. The van der Waals surface area contributed by atoms with Gasteiger partial charge in [0.15, 0.2) is 0 Å². The third-order valence-corrected chi connectivity index (χ3v) is 4.98. The number of pyridine rings is 1. The molecule has 0 fully saturated rings. The predicted molar refractivity (Wildman–Crippen MR) is 119 cm³/mol. The number of nitrogens with one attached hydrogen (secondary N) is 1. The molecule has 0 saturated carbocycles. The van der Waals surface area contributed by atoms with Crippen molar-refractivity contribution in [3.63, 3.8) is 0 Å².